The van der Waals surface area contributed by atoms with Crippen LogP contribution in [0.4, 0.5) is 0 Å². The lowest BCUT2D eigenvalue weighted by Gasteiger charge is -2.20. The highest BCUT2D eigenvalue weighted by Crippen LogP contribution is 2.29. The molecule has 0 radical (unpaired) electrons. The summed E-state index contributed by atoms with van der Waals surface area (Å²) in [5, 5.41) is 12.1. The maximum absolute atomic E-state index is 13.2. The molecule has 1 fully saturated rings. The fourth-order valence-corrected chi connectivity index (χ4v) is 4.62. The number of hydrogen-bond donors (Lipinski definition) is 2. The number of carbonyl (C=O) groups excluding carboxylic acids is 1. The third-order valence-corrected chi connectivity index (χ3v) is 6.19. The van der Waals surface area contributed by atoms with Gasteiger partial charge in [-0.1, -0.05) is 23.7 Å². The van der Waals surface area contributed by atoms with E-state index in [9.17, 15) is 4.79 Å². The first kappa shape index (κ1) is 20.6. The molecule has 5 rings (SSSR count). The van der Waals surface area contributed by atoms with Crippen LogP contribution >= 0.6 is 11.6 Å². The summed E-state index contributed by atoms with van der Waals surface area (Å²) < 4.78 is 0. The Hall–Kier alpha value is -3.29. The first-order chi connectivity index (χ1) is 15.5. The highest BCUT2D eigenvalue weighted by molar-refractivity contribution is 6.30. The Morgan fingerprint density at radius 1 is 1.19 bits per heavy atom. The van der Waals surface area contributed by atoms with Crippen LogP contribution in [0.5, 0.6) is 0 Å². The van der Waals surface area contributed by atoms with Gasteiger partial charge in [-0.15, -0.1) is 0 Å². The lowest BCUT2D eigenvalue weighted by atomic mass is 9.94. The van der Waals surface area contributed by atoms with Crippen LogP contribution < -0.4 is 5.32 Å². The Balaban J connectivity index is 1.42. The second kappa shape index (κ2) is 8.33. The smallest absolute Gasteiger partial charge is 0.253 e. The SMILES string of the molecule is Cc1cc(-c2[nH]nc3ncc(C(=O)N[C@H]4CN(C)C[C@@H]4c4cccc(Cl)c4)cc23)ccn1. The predicted molar refractivity (Wildman–Crippen MR) is 125 cm³/mol. The fourth-order valence-electron chi connectivity index (χ4n) is 4.42. The van der Waals surface area contributed by atoms with Crippen molar-refractivity contribution in [3.05, 3.63) is 76.7 Å². The lowest BCUT2D eigenvalue weighted by Crippen LogP contribution is -2.39. The van der Waals surface area contributed by atoms with E-state index in [2.05, 4.69) is 43.5 Å². The molecule has 0 aliphatic carbocycles. The fraction of sp³-hybridized carbons (Fsp3) is 0.250. The van der Waals surface area contributed by atoms with Crippen molar-refractivity contribution in [3.8, 4) is 11.3 Å². The Labute approximate surface area is 190 Å². The molecular weight excluding hydrogens is 424 g/mol. The van der Waals surface area contributed by atoms with Crippen LogP contribution in [-0.4, -0.2) is 57.2 Å². The quantitative estimate of drug-likeness (QED) is 0.497. The van der Waals surface area contributed by atoms with E-state index in [1.165, 1.54) is 0 Å². The molecule has 3 aromatic heterocycles. The van der Waals surface area contributed by atoms with Gasteiger partial charge in [0.25, 0.3) is 5.91 Å². The number of aromatic amines is 1. The number of nitrogens with one attached hydrogen (secondary N) is 2. The largest absolute Gasteiger partial charge is 0.347 e. The lowest BCUT2D eigenvalue weighted by molar-refractivity contribution is 0.0935. The summed E-state index contributed by atoms with van der Waals surface area (Å²) in [6.45, 7) is 3.57. The predicted octanol–water partition coefficient (Wildman–Crippen LogP) is 3.81. The molecule has 0 spiro atoms. The van der Waals surface area contributed by atoms with Gasteiger partial charge in [0.1, 0.15) is 0 Å². The van der Waals surface area contributed by atoms with Gasteiger partial charge in [0.05, 0.1) is 11.3 Å². The summed E-state index contributed by atoms with van der Waals surface area (Å²) in [5.41, 5.74) is 4.90. The van der Waals surface area contributed by atoms with Crippen LogP contribution in [0.25, 0.3) is 22.3 Å². The molecule has 1 aliphatic heterocycles. The van der Waals surface area contributed by atoms with Crippen LogP contribution in [0, 0.1) is 6.92 Å². The summed E-state index contributed by atoms with van der Waals surface area (Å²) in [6, 6.07) is 13.6. The molecule has 2 atom stereocenters. The number of halogens is 1. The Morgan fingerprint density at radius 3 is 2.88 bits per heavy atom. The highest BCUT2D eigenvalue weighted by Gasteiger charge is 2.33. The van der Waals surface area contributed by atoms with Gasteiger partial charge in [0.2, 0.25) is 0 Å². The summed E-state index contributed by atoms with van der Waals surface area (Å²) in [6.07, 6.45) is 3.33. The molecule has 0 unspecified atom stereocenters. The molecule has 8 heteroatoms. The third kappa shape index (κ3) is 3.97. The third-order valence-electron chi connectivity index (χ3n) is 5.95. The van der Waals surface area contributed by atoms with Crippen molar-refractivity contribution < 1.29 is 4.79 Å². The molecule has 4 heterocycles. The molecule has 1 aliphatic rings. The number of H-pyrrole nitrogens is 1. The summed E-state index contributed by atoms with van der Waals surface area (Å²) in [7, 11) is 2.06. The van der Waals surface area contributed by atoms with Crippen molar-refractivity contribution in [3.63, 3.8) is 0 Å². The summed E-state index contributed by atoms with van der Waals surface area (Å²) in [4.78, 5) is 24.1. The van der Waals surface area contributed by atoms with Crippen molar-refractivity contribution in [2.24, 2.45) is 0 Å². The molecule has 1 amide bonds. The average molecular weight is 447 g/mol. The Bertz CT molecular complexity index is 1300. The topological polar surface area (TPSA) is 86.8 Å². The van der Waals surface area contributed by atoms with Crippen molar-refractivity contribution in [2.75, 3.05) is 20.1 Å². The number of aryl methyl sites for hydroxylation is 1. The average Bonchev–Trinajstić information content (AvgIpc) is 3.36. The van der Waals surface area contributed by atoms with Gasteiger partial charge >= 0.3 is 0 Å². The minimum absolute atomic E-state index is 0.0201. The minimum atomic E-state index is -0.148. The van der Waals surface area contributed by atoms with Gasteiger partial charge in [0.15, 0.2) is 5.65 Å². The monoisotopic (exact) mass is 446 g/mol. The van der Waals surface area contributed by atoms with Gasteiger partial charge in [-0.05, 0) is 49.9 Å². The molecule has 162 valence electrons. The van der Waals surface area contributed by atoms with E-state index in [-0.39, 0.29) is 17.9 Å². The number of amides is 1. The molecule has 32 heavy (non-hydrogen) atoms. The van der Waals surface area contributed by atoms with E-state index < -0.39 is 0 Å². The minimum Gasteiger partial charge on any atom is -0.347 e. The second-order valence-corrected chi connectivity index (χ2v) is 8.78. The van der Waals surface area contributed by atoms with Crippen LogP contribution in [0.1, 0.15) is 27.5 Å². The number of likely N-dealkylation sites (N-methyl/N-ethyl adjacent to an activating group) is 1. The number of likely N-dealkylation sites (tertiary alicyclic amines) is 1. The molecule has 1 aromatic carbocycles. The van der Waals surface area contributed by atoms with Crippen LogP contribution in [0.15, 0.2) is 54.9 Å². The number of rotatable bonds is 4. The van der Waals surface area contributed by atoms with Gasteiger partial charge in [-0.3, -0.25) is 14.9 Å². The van der Waals surface area contributed by atoms with Crippen LogP contribution in [0.2, 0.25) is 5.02 Å². The maximum atomic E-state index is 13.2. The Morgan fingerprint density at radius 2 is 2.06 bits per heavy atom. The summed E-state index contributed by atoms with van der Waals surface area (Å²) in [5.74, 6) is 0.0217. The van der Waals surface area contributed by atoms with Crippen molar-refractivity contribution >= 4 is 28.5 Å². The first-order valence-electron chi connectivity index (χ1n) is 10.5. The number of benzene rings is 1. The zero-order valence-electron chi connectivity index (χ0n) is 17.8. The number of pyridine rings is 2. The van der Waals surface area contributed by atoms with E-state index >= 15 is 0 Å². The summed E-state index contributed by atoms with van der Waals surface area (Å²) >= 11 is 6.21. The molecule has 2 N–H and O–H groups in total. The standard InChI is InChI=1S/C24H23ClN6O/c1-14-8-16(6-7-26-14)22-19-10-17(11-27-23(19)30-29-22)24(32)28-21-13-31(2)12-20(21)15-4-3-5-18(25)9-15/h3-11,20-21H,12-13H2,1-2H3,(H,28,32)(H,27,29,30)/t20-,21+/m1/s1. The van der Waals surface area contributed by atoms with E-state index in [0.717, 1.165) is 41.0 Å². The van der Waals surface area contributed by atoms with Gasteiger partial charge in [-0.2, -0.15) is 5.10 Å². The van der Waals surface area contributed by atoms with Crippen LogP contribution in [0.3, 0.4) is 0 Å². The van der Waals surface area contributed by atoms with Crippen molar-refractivity contribution in [1.82, 2.24) is 30.4 Å². The molecule has 0 saturated carbocycles. The number of carbonyl (C=O) groups is 1. The normalized spacial score (nSPS) is 18.8. The van der Waals surface area contributed by atoms with E-state index in [0.29, 0.717) is 16.2 Å². The number of fused-ring (bicyclic) bond motifs is 1. The molecule has 4 aromatic rings. The van der Waals surface area contributed by atoms with Gasteiger partial charge in [0, 0.05) is 59.1 Å². The van der Waals surface area contributed by atoms with E-state index in [1.54, 1.807) is 12.4 Å². The van der Waals surface area contributed by atoms with E-state index in [4.69, 9.17) is 11.6 Å². The van der Waals surface area contributed by atoms with Crippen molar-refractivity contribution in [1.29, 1.82) is 0 Å². The van der Waals surface area contributed by atoms with E-state index in [1.807, 2.05) is 43.3 Å². The number of hydrogen-bond acceptors (Lipinski definition) is 5. The second-order valence-electron chi connectivity index (χ2n) is 8.34. The molecule has 1 saturated heterocycles. The molecule has 7 nitrogen and oxygen atoms in total. The van der Waals surface area contributed by atoms with Gasteiger partial charge in [-0.25, -0.2) is 4.98 Å². The number of nitrogens with zero attached hydrogens (tertiary/aromatic N) is 4. The molecule has 0 bridgehead atoms. The van der Waals surface area contributed by atoms with Gasteiger partial charge < -0.3 is 10.2 Å². The Kier molecular flexibility index (Phi) is 5.36. The zero-order valence-corrected chi connectivity index (χ0v) is 18.6. The molecular formula is C24H23ClN6O. The highest BCUT2D eigenvalue weighted by atomic mass is 35.5. The van der Waals surface area contributed by atoms with Crippen molar-refractivity contribution in [2.45, 2.75) is 18.9 Å². The number of aromatic nitrogens is 4. The maximum Gasteiger partial charge on any atom is 0.253 e. The van der Waals surface area contributed by atoms with Crippen LogP contribution in [-0.2, 0) is 0 Å². The zero-order chi connectivity index (χ0) is 22.2. The first-order valence-corrected chi connectivity index (χ1v) is 10.9.